The number of carbonyl (C=O) groups excluding carboxylic acids is 1. The van der Waals surface area contributed by atoms with Crippen molar-refractivity contribution in [2.24, 2.45) is 5.92 Å². The average molecular weight is 840 g/mol. The normalized spacial score (nSPS) is 22.6. The van der Waals surface area contributed by atoms with Gasteiger partial charge in [-0.05, 0) is 61.2 Å². The maximum Gasteiger partial charge on any atom is 0.330 e. The number of aryl methyl sites for hydroxylation is 2. The molecule has 322 valence electrons. The summed E-state index contributed by atoms with van der Waals surface area (Å²) in [6, 6.07) is 24.8. The molecular formula is C44H49N5O12. The molecular weight excluding hydrogens is 791 g/mol. The number of aliphatic hydroxyl groups is 1. The number of H-pyrrole nitrogens is 2. The molecule has 1 amide bonds. The number of carbonyl (C=O) groups is 1. The molecule has 61 heavy (non-hydrogen) atoms. The van der Waals surface area contributed by atoms with Crippen LogP contribution in [0.5, 0.6) is 11.5 Å². The number of amides is 1. The molecule has 2 aliphatic rings. The quantitative estimate of drug-likeness (QED) is 0.112. The molecule has 0 unspecified atom stereocenters. The van der Waals surface area contributed by atoms with Crippen molar-refractivity contribution in [3.8, 4) is 11.5 Å². The number of methoxy groups -OCH3 is 3. The van der Waals surface area contributed by atoms with Gasteiger partial charge in [0.05, 0.1) is 26.9 Å². The van der Waals surface area contributed by atoms with Crippen LogP contribution in [0, 0.1) is 19.8 Å². The maximum atomic E-state index is 13.8. The minimum Gasteiger partial charge on any atom is -0.497 e. The monoisotopic (exact) mass is 839 g/mol. The molecule has 2 aliphatic heterocycles. The van der Waals surface area contributed by atoms with E-state index in [9.17, 15) is 29.1 Å². The Morgan fingerprint density at radius 3 is 1.87 bits per heavy atom. The third-order valence-electron chi connectivity index (χ3n) is 11.4. The van der Waals surface area contributed by atoms with Gasteiger partial charge in [0.1, 0.15) is 41.6 Å². The largest absolute Gasteiger partial charge is 0.497 e. The van der Waals surface area contributed by atoms with Gasteiger partial charge in [-0.2, -0.15) is 0 Å². The third-order valence-corrected chi connectivity index (χ3v) is 11.4. The van der Waals surface area contributed by atoms with Crippen molar-refractivity contribution in [3.63, 3.8) is 0 Å². The second kappa shape index (κ2) is 18.2. The number of aliphatic hydroxyl groups excluding tert-OH is 1. The van der Waals surface area contributed by atoms with Crippen LogP contribution in [-0.4, -0.2) is 89.0 Å². The number of hydrogen-bond acceptors (Lipinski definition) is 12. The van der Waals surface area contributed by atoms with E-state index >= 15 is 0 Å². The zero-order valence-electron chi connectivity index (χ0n) is 34.4. The van der Waals surface area contributed by atoms with Crippen molar-refractivity contribution in [3.05, 3.63) is 161 Å². The summed E-state index contributed by atoms with van der Waals surface area (Å²) in [5.74, 6) is 0.383. The van der Waals surface area contributed by atoms with E-state index in [0.717, 1.165) is 21.3 Å². The van der Waals surface area contributed by atoms with E-state index in [1.165, 1.54) is 31.0 Å². The predicted molar refractivity (Wildman–Crippen MR) is 221 cm³/mol. The fourth-order valence-corrected chi connectivity index (χ4v) is 8.10. The second-order valence-electron chi connectivity index (χ2n) is 15.2. The Morgan fingerprint density at radius 1 is 0.770 bits per heavy atom. The van der Waals surface area contributed by atoms with Crippen molar-refractivity contribution in [2.75, 3.05) is 34.5 Å². The molecule has 17 nitrogen and oxygen atoms in total. The molecule has 5 aromatic rings. The van der Waals surface area contributed by atoms with Crippen LogP contribution in [-0.2, 0) is 29.3 Å². The van der Waals surface area contributed by atoms with E-state index in [4.69, 9.17) is 28.4 Å². The molecule has 0 saturated carbocycles. The van der Waals surface area contributed by atoms with Gasteiger partial charge in [0.25, 0.3) is 11.1 Å². The standard InChI is InChI=1S/C44H49N5O12/c1-25-22-48(42(54)46-39(25)52)36-20-27(19-35(50)45-21-33-37(51)38(58-5)41(61-33)49-23-26(2)40(53)47-43(49)55)34(60-36)24-59-44(28-9-7-6-8-10-28,29-11-15-31(56-3)16-12-29)30-13-17-32(57-4)18-14-30/h6-18,22-23,27,33-34,36-38,41,51H,19-21,24H2,1-5H3,(H,45,50)(H,46,52,54)(H,47,53,55)/t27-,33+,34+,36+,37+,38+,41+/m0/s1. The first kappa shape index (κ1) is 43.0. The number of ether oxygens (including phenoxy) is 6. The van der Waals surface area contributed by atoms with Crippen molar-refractivity contribution >= 4 is 5.91 Å². The lowest BCUT2D eigenvalue weighted by Gasteiger charge is -2.37. The van der Waals surface area contributed by atoms with Gasteiger partial charge in [0.2, 0.25) is 5.91 Å². The van der Waals surface area contributed by atoms with E-state index in [1.807, 2.05) is 78.9 Å². The molecule has 17 heteroatoms. The first-order valence-corrected chi connectivity index (χ1v) is 19.8. The van der Waals surface area contributed by atoms with Gasteiger partial charge in [-0.3, -0.25) is 33.5 Å². The Kier molecular flexibility index (Phi) is 12.9. The van der Waals surface area contributed by atoms with E-state index in [1.54, 1.807) is 21.1 Å². The van der Waals surface area contributed by atoms with E-state index in [-0.39, 0.29) is 31.6 Å². The minimum atomic E-state index is -1.24. The topological polar surface area (TPSA) is 214 Å². The lowest BCUT2D eigenvalue weighted by atomic mass is 9.80. The summed E-state index contributed by atoms with van der Waals surface area (Å²) < 4.78 is 38.7. The summed E-state index contributed by atoms with van der Waals surface area (Å²) in [5, 5.41) is 14.0. The van der Waals surface area contributed by atoms with Gasteiger partial charge in [-0.25, -0.2) is 9.59 Å². The van der Waals surface area contributed by atoms with Gasteiger partial charge in [-0.15, -0.1) is 0 Å². The van der Waals surface area contributed by atoms with E-state index in [2.05, 4.69) is 15.3 Å². The fourth-order valence-electron chi connectivity index (χ4n) is 8.10. The van der Waals surface area contributed by atoms with Gasteiger partial charge < -0.3 is 38.8 Å². The number of aromatic amines is 2. The fraction of sp³-hybridized carbons (Fsp3) is 0.386. The van der Waals surface area contributed by atoms with Crippen molar-refractivity contribution in [2.45, 2.75) is 69.2 Å². The zero-order chi connectivity index (χ0) is 43.4. The lowest BCUT2D eigenvalue weighted by molar-refractivity contribution is -0.124. The van der Waals surface area contributed by atoms with Crippen LogP contribution in [0.3, 0.4) is 0 Å². The van der Waals surface area contributed by atoms with Gasteiger partial charge in [0, 0.05) is 49.5 Å². The number of nitrogens with zero attached hydrogens (tertiary/aromatic N) is 2. The van der Waals surface area contributed by atoms with Crippen LogP contribution in [0.4, 0.5) is 0 Å². The number of rotatable bonds is 15. The highest BCUT2D eigenvalue weighted by molar-refractivity contribution is 5.76. The Morgan fingerprint density at radius 2 is 1.31 bits per heavy atom. The number of nitrogens with one attached hydrogen (secondary N) is 3. The number of aromatic nitrogens is 4. The lowest BCUT2D eigenvalue weighted by Crippen LogP contribution is -2.42. The highest BCUT2D eigenvalue weighted by Crippen LogP contribution is 2.44. The Bertz CT molecular complexity index is 2500. The summed E-state index contributed by atoms with van der Waals surface area (Å²) in [6.45, 7) is 2.92. The van der Waals surface area contributed by atoms with Crippen LogP contribution in [0.1, 0.15) is 53.1 Å². The van der Waals surface area contributed by atoms with Crippen LogP contribution in [0.15, 0.2) is 110 Å². The van der Waals surface area contributed by atoms with Crippen molar-refractivity contribution < 1.29 is 38.3 Å². The highest BCUT2D eigenvalue weighted by atomic mass is 16.6. The summed E-state index contributed by atoms with van der Waals surface area (Å²) in [6.07, 6.45) is -3.01. The predicted octanol–water partition coefficient (Wildman–Crippen LogP) is 2.41. The van der Waals surface area contributed by atoms with Crippen LogP contribution in [0.25, 0.3) is 0 Å². The average Bonchev–Trinajstić information content (AvgIpc) is 3.82. The summed E-state index contributed by atoms with van der Waals surface area (Å²) in [4.78, 5) is 68.5. The first-order valence-electron chi connectivity index (χ1n) is 19.8. The Balaban J connectivity index is 1.17. The van der Waals surface area contributed by atoms with Crippen molar-refractivity contribution in [1.82, 2.24) is 24.4 Å². The molecule has 4 N–H and O–H groups in total. The molecule has 4 heterocycles. The maximum absolute atomic E-state index is 13.8. The molecule has 2 aromatic heterocycles. The first-order chi connectivity index (χ1) is 29.4. The van der Waals surface area contributed by atoms with Crippen LogP contribution in [0.2, 0.25) is 0 Å². The second-order valence-corrected chi connectivity index (χ2v) is 15.2. The number of benzene rings is 3. The van der Waals surface area contributed by atoms with Gasteiger partial charge >= 0.3 is 11.4 Å². The van der Waals surface area contributed by atoms with E-state index in [0.29, 0.717) is 17.1 Å². The summed E-state index contributed by atoms with van der Waals surface area (Å²) in [5.41, 5.74) is -0.744. The smallest absolute Gasteiger partial charge is 0.330 e. The van der Waals surface area contributed by atoms with Crippen molar-refractivity contribution in [1.29, 1.82) is 0 Å². The molecule has 2 fully saturated rings. The SMILES string of the molecule is COc1ccc(C(OC[C@H]2O[C@@H](n3cc(C)c(=O)[nH]c3=O)C[C@@H]2CC(=O)NC[C@H]2O[C@@H](n3cc(C)c(=O)[nH]c3=O)[C@H](OC)[C@@H]2O)(c2ccccc2)c2ccc(OC)cc2)cc1. The molecule has 0 aliphatic carbocycles. The van der Waals surface area contributed by atoms with Crippen LogP contribution >= 0.6 is 0 Å². The molecule has 7 rings (SSSR count). The molecule has 0 bridgehead atoms. The molecule has 0 spiro atoms. The zero-order valence-corrected chi connectivity index (χ0v) is 34.4. The summed E-state index contributed by atoms with van der Waals surface area (Å²) >= 11 is 0. The summed E-state index contributed by atoms with van der Waals surface area (Å²) in [7, 11) is 4.54. The van der Waals surface area contributed by atoms with E-state index < -0.39 is 76.8 Å². The Hall–Kier alpha value is -6.11. The van der Waals surface area contributed by atoms with Gasteiger partial charge in [0.15, 0.2) is 6.23 Å². The third kappa shape index (κ3) is 8.73. The molecule has 0 radical (unpaired) electrons. The number of hydrogen-bond donors (Lipinski definition) is 4. The van der Waals surface area contributed by atoms with Crippen LogP contribution < -0.4 is 37.3 Å². The Labute approximate surface area is 349 Å². The highest BCUT2D eigenvalue weighted by Gasteiger charge is 2.46. The molecule has 3 aromatic carbocycles. The van der Waals surface area contributed by atoms with Gasteiger partial charge in [-0.1, -0.05) is 54.6 Å². The minimum absolute atomic E-state index is 0.0481. The molecule has 2 saturated heterocycles. The molecule has 7 atom stereocenters.